The fourth-order valence-electron chi connectivity index (χ4n) is 4.78. The largest absolute Gasteiger partial charge is 0.507 e. The minimum Gasteiger partial charge on any atom is -0.507 e. The molecule has 41 heavy (non-hydrogen) atoms. The molecule has 2 N–H and O–H groups in total. The molecular weight excluding hydrogens is 512 g/mol. The summed E-state index contributed by atoms with van der Waals surface area (Å²) in [5, 5.41) is 22.5. The lowest BCUT2D eigenvalue weighted by atomic mass is 9.79. The first-order valence-electron chi connectivity index (χ1n) is 14.7. The van der Waals surface area contributed by atoms with Crippen molar-refractivity contribution in [1.82, 2.24) is 0 Å². The van der Waals surface area contributed by atoms with Crippen LogP contribution < -0.4 is 0 Å². The summed E-state index contributed by atoms with van der Waals surface area (Å²) in [7, 11) is 0. The number of phenolic OH excluding ortho intramolecular Hbond substituents is 2. The summed E-state index contributed by atoms with van der Waals surface area (Å²) in [6, 6.07) is 7.60. The summed E-state index contributed by atoms with van der Waals surface area (Å²) < 4.78 is 11.4. The lowest BCUT2D eigenvalue weighted by molar-refractivity contribution is -0.0337. The van der Waals surface area contributed by atoms with E-state index in [-0.39, 0.29) is 52.0 Å². The summed E-state index contributed by atoms with van der Waals surface area (Å²) in [6.07, 6.45) is 3.49. The molecule has 226 valence electrons. The highest BCUT2D eigenvalue weighted by Crippen LogP contribution is 2.38. The minimum atomic E-state index is -0.320. The Hall–Kier alpha value is -2.70. The van der Waals surface area contributed by atoms with Crippen molar-refractivity contribution in [3.8, 4) is 11.5 Å². The van der Waals surface area contributed by atoms with Crippen LogP contribution in [0, 0.1) is 0 Å². The average molecular weight is 565 g/mol. The maximum atomic E-state index is 11.2. The number of phenols is 2. The predicted octanol–water partition coefficient (Wildman–Crippen LogP) is 7.57. The summed E-state index contributed by atoms with van der Waals surface area (Å²) >= 11 is 0. The van der Waals surface area contributed by atoms with E-state index in [1.54, 1.807) is 12.4 Å². The molecule has 0 saturated carbocycles. The van der Waals surface area contributed by atoms with E-state index in [1.807, 2.05) is 12.1 Å². The smallest absolute Gasteiger partial charge is 0.146 e. The zero-order valence-electron chi connectivity index (χ0n) is 27.3. The van der Waals surface area contributed by atoms with Crippen molar-refractivity contribution in [2.24, 2.45) is 9.98 Å². The van der Waals surface area contributed by atoms with Crippen molar-refractivity contribution >= 4 is 12.4 Å². The van der Waals surface area contributed by atoms with Gasteiger partial charge in [-0.3, -0.25) is 9.98 Å². The van der Waals surface area contributed by atoms with Crippen LogP contribution in [0.15, 0.2) is 34.3 Å². The van der Waals surface area contributed by atoms with Crippen molar-refractivity contribution in [2.75, 3.05) is 20.0 Å². The van der Waals surface area contributed by atoms with Crippen LogP contribution in [0.2, 0.25) is 0 Å². The van der Waals surface area contributed by atoms with Gasteiger partial charge in [0, 0.05) is 34.7 Å². The van der Waals surface area contributed by atoms with Crippen LogP contribution in [0.3, 0.4) is 0 Å². The number of hydrogen-bond donors (Lipinski definition) is 2. The van der Waals surface area contributed by atoms with E-state index in [0.29, 0.717) is 24.3 Å². The molecule has 2 atom stereocenters. The SMILES string of the molecule is CC(C)(C)c1cc(C=NC2COCOCC2N=Cc2cc(C(C)(C)C)cc(C(C)(C)C)c2O)c(O)c(C(C)(C)C)c1. The number of aromatic hydroxyl groups is 2. The monoisotopic (exact) mass is 564 g/mol. The number of hydrogen-bond acceptors (Lipinski definition) is 6. The second kappa shape index (κ2) is 11.9. The molecule has 0 amide bonds. The second-order valence-electron chi connectivity index (χ2n) is 15.5. The second-order valence-corrected chi connectivity index (χ2v) is 15.5. The Kier molecular flexibility index (Phi) is 9.51. The quantitative estimate of drug-likeness (QED) is 0.375. The molecule has 0 aromatic heterocycles. The van der Waals surface area contributed by atoms with Gasteiger partial charge in [0.2, 0.25) is 0 Å². The Labute approximate surface area is 247 Å². The molecular formula is C35H52N2O4. The summed E-state index contributed by atoms with van der Waals surface area (Å²) in [4.78, 5) is 9.77. The third-order valence-electron chi connectivity index (χ3n) is 7.63. The molecule has 2 aromatic carbocycles. The van der Waals surface area contributed by atoms with Gasteiger partial charge in [0.15, 0.2) is 0 Å². The molecule has 0 aliphatic carbocycles. The van der Waals surface area contributed by atoms with E-state index in [1.165, 1.54) is 0 Å². The standard InChI is InChI=1S/C35H52N2O4/c1-32(2,3)24-13-22(30(38)26(15-24)34(7,8)9)17-36-28-19-40-21-41-20-29(28)37-18-23-14-25(33(4,5)6)16-27(31(23)39)35(10,11)12/h13-18,28-29,38-39H,19-21H2,1-12H3. The number of aliphatic imine (C=N–C) groups is 2. The number of ether oxygens (including phenoxy) is 2. The van der Waals surface area contributed by atoms with Crippen molar-refractivity contribution in [2.45, 2.75) is 117 Å². The van der Waals surface area contributed by atoms with E-state index in [0.717, 1.165) is 22.3 Å². The Morgan fingerprint density at radius 1 is 0.585 bits per heavy atom. The number of benzene rings is 2. The lowest BCUT2D eigenvalue weighted by Gasteiger charge is -2.27. The molecule has 0 bridgehead atoms. The van der Waals surface area contributed by atoms with E-state index in [4.69, 9.17) is 19.5 Å². The van der Waals surface area contributed by atoms with Crippen molar-refractivity contribution in [3.63, 3.8) is 0 Å². The molecule has 1 aliphatic rings. The average Bonchev–Trinajstić information content (AvgIpc) is 3.04. The van der Waals surface area contributed by atoms with Crippen LogP contribution in [-0.2, 0) is 31.1 Å². The van der Waals surface area contributed by atoms with Crippen LogP contribution in [0.25, 0.3) is 0 Å². The normalized spacial score (nSPS) is 19.7. The maximum Gasteiger partial charge on any atom is 0.146 e. The van der Waals surface area contributed by atoms with Gasteiger partial charge in [0.05, 0.1) is 25.3 Å². The molecule has 1 heterocycles. The van der Waals surface area contributed by atoms with Crippen LogP contribution in [0.5, 0.6) is 11.5 Å². The van der Waals surface area contributed by atoms with Crippen molar-refractivity contribution in [3.05, 3.63) is 57.6 Å². The Morgan fingerprint density at radius 2 is 0.927 bits per heavy atom. The third kappa shape index (κ3) is 8.20. The van der Waals surface area contributed by atoms with Crippen molar-refractivity contribution < 1.29 is 19.7 Å². The fraction of sp³-hybridized carbons (Fsp3) is 0.600. The Balaban J connectivity index is 2.03. The highest BCUT2D eigenvalue weighted by atomic mass is 16.7. The van der Waals surface area contributed by atoms with Gasteiger partial charge < -0.3 is 19.7 Å². The molecule has 1 saturated heterocycles. The molecule has 6 nitrogen and oxygen atoms in total. The highest BCUT2D eigenvalue weighted by Gasteiger charge is 2.28. The predicted molar refractivity (Wildman–Crippen MR) is 171 cm³/mol. The van der Waals surface area contributed by atoms with Gasteiger partial charge in [-0.25, -0.2) is 0 Å². The number of nitrogens with zero attached hydrogens (tertiary/aromatic N) is 2. The van der Waals surface area contributed by atoms with Crippen molar-refractivity contribution in [1.29, 1.82) is 0 Å². The minimum absolute atomic E-state index is 0.0854. The molecule has 2 aromatic rings. The third-order valence-corrected chi connectivity index (χ3v) is 7.63. The topological polar surface area (TPSA) is 83.6 Å². The highest BCUT2D eigenvalue weighted by molar-refractivity contribution is 5.86. The molecule has 1 fully saturated rings. The first-order valence-corrected chi connectivity index (χ1v) is 14.7. The molecule has 1 aliphatic heterocycles. The lowest BCUT2D eigenvalue weighted by Crippen LogP contribution is -2.29. The van der Waals surface area contributed by atoms with E-state index in [9.17, 15) is 10.2 Å². The zero-order valence-corrected chi connectivity index (χ0v) is 27.3. The molecule has 2 unspecified atom stereocenters. The number of rotatable bonds is 4. The Bertz CT molecular complexity index is 1180. The van der Waals surface area contributed by atoms with E-state index in [2.05, 4.69) is 95.2 Å². The van der Waals surface area contributed by atoms with E-state index >= 15 is 0 Å². The van der Waals surface area contributed by atoms with Gasteiger partial charge in [-0.05, 0) is 44.9 Å². The summed E-state index contributed by atoms with van der Waals surface area (Å²) in [5.74, 6) is 0.498. The van der Waals surface area contributed by atoms with Crippen LogP contribution in [0.4, 0.5) is 0 Å². The summed E-state index contributed by atoms with van der Waals surface area (Å²) in [5.41, 5.74) is 4.80. The Morgan fingerprint density at radius 3 is 1.22 bits per heavy atom. The van der Waals surface area contributed by atoms with Crippen LogP contribution >= 0.6 is 0 Å². The van der Waals surface area contributed by atoms with Gasteiger partial charge in [-0.2, -0.15) is 0 Å². The molecule has 6 heteroatoms. The van der Waals surface area contributed by atoms with Gasteiger partial charge in [-0.15, -0.1) is 0 Å². The van der Waals surface area contributed by atoms with E-state index < -0.39 is 0 Å². The molecule has 3 rings (SSSR count). The molecule has 0 radical (unpaired) electrons. The molecule has 0 spiro atoms. The van der Waals surface area contributed by atoms with Gasteiger partial charge in [0.25, 0.3) is 0 Å². The summed E-state index contributed by atoms with van der Waals surface area (Å²) in [6.45, 7) is 26.5. The van der Waals surface area contributed by atoms with Crippen LogP contribution in [-0.4, -0.2) is 54.7 Å². The first kappa shape index (κ1) is 32.8. The van der Waals surface area contributed by atoms with Gasteiger partial charge in [-0.1, -0.05) is 95.2 Å². The van der Waals surface area contributed by atoms with Crippen LogP contribution in [0.1, 0.15) is 116 Å². The fourth-order valence-corrected chi connectivity index (χ4v) is 4.78. The maximum absolute atomic E-state index is 11.2. The van der Waals surface area contributed by atoms with Gasteiger partial charge in [0.1, 0.15) is 18.3 Å². The first-order chi connectivity index (χ1) is 18.7. The van der Waals surface area contributed by atoms with Gasteiger partial charge >= 0.3 is 0 Å². The zero-order chi connectivity index (χ0) is 31.0.